The van der Waals surface area contributed by atoms with E-state index in [1.807, 2.05) is 12.1 Å². The largest absolute Gasteiger partial charge is 0.493 e. The first-order valence-corrected chi connectivity index (χ1v) is 10.3. The molecule has 1 aromatic carbocycles. The molecule has 0 unspecified atom stereocenters. The van der Waals surface area contributed by atoms with E-state index in [1.165, 1.54) is 0 Å². The molecule has 0 saturated carbocycles. The van der Waals surface area contributed by atoms with E-state index in [9.17, 15) is 0 Å². The quantitative estimate of drug-likeness (QED) is 0.175. The molecular formula is C22H41IN4O3. The zero-order valence-corrected chi connectivity index (χ0v) is 22.0. The Morgan fingerprint density at radius 3 is 2.37 bits per heavy atom. The molecule has 0 radical (unpaired) electrons. The zero-order chi connectivity index (χ0) is 21.7. The Morgan fingerprint density at radius 1 is 1.07 bits per heavy atom. The van der Waals surface area contributed by atoms with Crippen molar-refractivity contribution in [3.8, 4) is 11.5 Å². The van der Waals surface area contributed by atoms with Crippen LogP contribution in [0, 0.1) is 0 Å². The predicted octanol–water partition coefficient (Wildman–Crippen LogP) is 3.12. The number of likely N-dealkylation sites (N-methyl/N-ethyl adjacent to an activating group) is 1. The lowest BCUT2D eigenvalue weighted by Gasteiger charge is -2.25. The van der Waals surface area contributed by atoms with Crippen LogP contribution < -0.4 is 20.1 Å². The van der Waals surface area contributed by atoms with Gasteiger partial charge in [-0.2, -0.15) is 0 Å². The van der Waals surface area contributed by atoms with E-state index in [-0.39, 0.29) is 29.4 Å². The van der Waals surface area contributed by atoms with Crippen molar-refractivity contribution in [2.24, 2.45) is 4.99 Å². The molecule has 0 aliphatic rings. The van der Waals surface area contributed by atoms with Gasteiger partial charge in [-0.3, -0.25) is 4.99 Å². The topological polar surface area (TPSA) is 67.4 Å². The zero-order valence-electron chi connectivity index (χ0n) is 19.7. The van der Waals surface area contributed by atoms with E-state index >= 15 is 0 Å². The maximum Gasteiger partial charge on any atom is 0.191 e. The van der Waals surface area contributed by atoms with Crippen LogP contribution in [-0.2, 0) is 10.2 Å². The maximum absolute atomic E-state index is 5.45. The molecule has 0 aliphatic heterocycles. The third-order valence-electron chi connectivity index (χ3n) is 4.82. The molecular weight excluding hydrogens is 495 g/mol. The number of rotatable bonds is 13. The summed E-state index contributed by atoms with van der Waals surface area (Å²) < 4.78 is 15.9. The average molecular weight is 536 g/mol. The number of benzene rings is 1. The summed E-state index contributed by atoms with van der Waals surface area (Å²) in [6.45, 7) is 11.5. The summed E-state index contributed by atoms with van der Waals surface area (Å²) in [5.41, 5.74) is 1.02. The number of hydrogen-bond donors (Lipinski definition) is 2. The van der Waals surface area contributed by atoms with Gasteiger partial charge in [0.2, 0.25) is 0 Å². The number of ether oxygens (including phenoxy) is 3. The molecule has 1 aromatic rings. The first-order chi connectivity index (χ1) is 13.9. The normalized spacial score (nSPS) is 11.8. The van der Waals surface area contributed by atoms with Crippen LogP contribution in [0.2, 0.25) is 0 Å². The fourth-order valence-corrected chi connectivity index (χ4v) is 2.92. The van der Waals surface area contributed by atoms with E-state index in [0.717, 1.165) is 62.2 Å². The Morgan fingerprint density at radius 2 is 1.77 bits per heavy atom. The number of nitrogens with one attached hydrogen (secondary N) is 2. The summed E-state index contributed by atoms with van der Waals surface area (Å²) in [6, 6.07) is 6.05. The second kappa shape index (κ2) is 15.5. The van der Waals surface area contributed by atoms with Crippen molar-refractivity contribution < 1.29 is 14.2 Å². The molecule has 174 valence electrons. The Hall–Kier alpha value is -1.26. The molecule has 8 heteroatoms. The van der Waals surface area contributed by atoms with Gasteiger partial charge in [0.1, 0.15) is 0 Å². The van der Waals surface area contributed by atoms with E-state index in [2.05, 4.69) is 49.4 Å². The van der Waals surface area contributed by atoms with Gasteiger partial charge < -0.3 is 29.7 Å². The van der Waals surface area contributed by atoms with Crippen LogP contribution >= 0.6 is 24.0 Å². The standard InChI is InChI=1S/C22H40N4O3.HI/c1-8-23-21(24-12-14-26(4)13-9-15-27-5)25-17-22(2,3)18-10-11-19(28-6)20(16-18)29-7;/h10-11,16H,8-9,12-15,17H2,1-7H3,(H2,23,24,25);1H. The van der Waals surface area contributed by atoms with Gasteiger partial charge in [-0.05, 0) is 38.1 Å². The monoisotopic (exact) mass is 536 g/mol. The minimum atomic E-state index is -0.140. The van der Waals surface area contributed by atoms with E-state index in [1.54, 1.807) is 21.3 Å². The summed E-state index contributed by atoms with van der Waals surface area (Å²) in [4.78, 5) is 7.11. The molecule has 1 rings (SSSR count). The minimum Gasteiger partial charge on any atom is -0.493 e. The molecule has 0 fully saturated rings. The summed E-state index contributed by atoms with van der Waals surface area (Å²) in [5.74, 6) is 2.31. The molecule has 0 heterocycles. The van der Waals surface area contributed by atoms with Gasteiger partial charge in [-0.1, -0.05) is 19.9 Å². The molecule has 2 N–H and O–H groups in total. The highest BCUT2D eigenvalue weighted by molar-refractivity contribution is 14.0. The molecule has 30 heavy (non-hydrogen) atoms. The van der Waals surface area contributed by atoms with Crippen molar-refractivity contribution in [2.45, 2.75) is 32.6 Å². The summed E-state index contributed by atoms with van der Waals surface area (Å²) in [7, 11) is 7.18. The Bertz CT molecular complexity index is 626. The second-order valence-electron chi connectivity index (χ2n) is 7.73. The summed E-state index contributed by atoms with van der Waals surface area (Å²) in [6.07, 6.45) is 1.04. The van der Waals surface area contributed by atoms with Crippen molar-refractivity contribution in [3.05, 3.63) is 23.8 Å². The molecule has 0 atom stereocenters. The van der Waals surface area contributed by atoms with Crippen LogP contribution in [0.1, 0.15) is 32.8 Å². The van der Waals surface area contributed by atoms with Gasteiger partial charge in [0.05, 0.1) is 20.8 Å². The number of halogens is 1. The van der Waals surface area contributed by atoms with Crippen LogP contribution in [0.4, 0.5) is 0 Å². The molecule has 0 amide bonds. The van der Waals surface area contributed by atoms with Crippen LogP contribution in [0.15, 0.2) is 23.2 Å². The lowest BCUT2D eigenvalue weighted by atomic mass is 9.84. The van der Waals surface area contributed by atoms with Crippen LogP contribution in [0.3, 0.4) is 0 Å². The lowest BCUT2D eigenvalue weighted by Crippen LogP contribution is -2.42. The van der Waals surface area contributed by atoms with Gasteiger partial charge in [0.25, 0.3) is 0 Å². The highest BCUT2D eigenvalue weighted by Crippen LogP contribution is 2.33. The number of guanidine groups is 1. The number of methoxy groups -OCH3 is 3. The summed E-state index contributed by atoms with van der Waals surface area (Å²) in [5, 5.41) is 6.76. The third kappa shape index (κ3) is 10.2. The number of hydrogen-bond acceptors (Lipinski definition) is 5. The van der Waals surface area contributed by atoms with Gasteiger partial charge in [-0.25, -0.2) is 0 Å². The van der Waals surface area contributed by atoms with Gasteiger partial charge in [0.15, 0.2) is 17.5 Å². The molecule has 0 spiro atoms. The maximum atomic E-state index is 5.45. The Labute approximate surface area is 200 Å². The molecule has 0 bridgehead atoms. The minimum absolute atomic E-state index is 0. The summed E-state index contributed by atoms with van der Waals surface area (Å²) >= 11 is 0. The highest BCUT2D eigenvalue weighted by Gasteiger charge is 2.22. The van der Waals surface area contributed by atoms with Crippen LogP contribution in [-0.4, -0.2) is 78.6 Å². The fourth-order valence-electron chi connectivity index (χ4n) is 2.92. The van der Waals surface area contributed by atoms with E-state index in [0.29, 0.717) is 6.54 Å². The van der Waals surface area contributed by atoms with Crippen molar-refractivity contribution in [2.75, 3.05) is 67.7 Å². The van der Waals surface area contributed by atoms with E-state index in [4.69, 9.17) is 19.2 Å². The second-order valence-corrected chi connectivity index (χ2v) is 7.73. The van der Waals surface area contributed by atoms with E-state index < -0.39 is 0 Å². The first kappa shape index (κ1) is 28.7. The van der Waals surface area contributed by atoms with Gasteiger partial charge in [0, 0.05) is 45.3 Å². The average Bonchev–Trinajstić information content (AvgIpc) is 2.71. The fraction of sp³-hybridized carbons (Fsp3) is 0.682. The van der Waals surface area contributed by atoms with Crippen LogP contribution in [0.5, 0.6) is 11.5 Å². The SMILES string of the molecule is CCNC(=NCC(C)(C)c1ccc(OC)c(OC)c1)NCCN(C)CCCOC.I. The predicted molar refractivity (Wildman–Crippen MR) is 136 cm³/mol. The van der Waals surface area contributed by atoms with Crippen molar-refractivity contribution in [1.29, 1.82) is 0 Å². The Balaban J connectivity index is 0.00000841. The van der Waals surface area contributed by atoms with Gasteiger partial charge >= 0.3 is 0 Å². The molecule has 7 nitrogen and oxygen atoms in total. The van der Waals surface area contributed by atoms with Crippen LogP contribution in [0.25, 0.3) is 0 Å². The Kier molecular flexibility index (Phi) is 14.9. The lowest BCUT2D eigenvalue weighted by molar-refractivity contribution is 0.180. The first-order valence-electron chi connectivity index (χ1n) is 10.3. The molecule has 0 aliphatic carbocycles. The van der Waals surface area contributed by atoms with Crippen molar-refractivity contribution in [3.63, 3.8) is 0 Å². The van der Waals surface area contributed by atoms with Crippen molar-refractivity contribution in [1.82, 2.24) is 15.5 Å². The number of aliphatic imine (C=N–C) groups is 1. The van der Waals surface area contributed by atoms with Gasteiger partial charge in [-0.15, -0.1) is 24.0 Å². The third-order valence-corrected chi connectivity index (χ3v) is 4.82. The highest BCUT2D eigenvalue weighted by atomic mass is 127. The molecule has 0 saturated heterocycles. The smallest absolute Gasteiger partial charge is 0.191 e. The molecule has 0 aromatic heterocycles. The van der Waals surface area contributed by atoms with Crippen molar-refractivity contribution >= 4 is 29.9 Å². The number of nitrogens with zero attached hydrogens (tertiary/aromatic N) is 2.